The fourth-order valence-electron chi connectivity index (χ4n) is 3.33. The first kappa shape index (κ1) is 14.5. The van der Waals surface area contributed by atoms with Gasteiger partial charge < -0.3 is 10.1 Å². The van der Waals surface area contributed by atoms with Crippen molar-refractivity contribution in [2.75, 3.05) is 0 Å². The zero-order chi connectivity index (χ0) is 14.9. The van der Waals surface area contributed by atoms with Crippen LogP contribution in [0.2, 0.25) is 5.02 Å². The molecule has 0 amide bonds. The molecule has 2 aromatic rings. The first-order valence-corrected chi connectivity index (χ1v) is 7.65. The van der Waals surface area contributed by atoms with E-state index in [-0.39, 0.29) is 0 Å². The van der Waals surface area contributed by atoms with Crippen LogP contribution in [0, 0.1) is 5.82 Å². The summed E-state index contributed by atoms with van der Waals surface area (Å²) in [5.74, 6) is -0.407. The van der Waals surface area contributed by atoms with Gasteiger partial charge in [-0.05, 0) is 25.0 Å². The minimum atomic E-state index is -1.01. The van der Waals surface area contributed by atoms with Gasteiger partial charge in [-0.3, -0.25) is 0 Å². The van der Waals surface area contributed by atoms with Gasteiger partial charge in [0.25, 0.3) is 0 Å². The van der Waals surface area contributed by atoms with Crippen molar-refractivity contribution in [2.24, 2.45) is 0 Å². The monoisotopic (exact) mass is 308 g/mol. The zero-order valence-corrected chi connectivity index (χ0v) is 12.4. The third kappa shape index (κ3) is 2.70. The van der Waals surface area contributed by atoms with Crippen LogP contribution in [0.25, 0.3) is 0 Å². The molecule has 3 nitrogen and oxygen atoms in total. The van der Waals surface area contributed by atoms with E-state index in [0.29, 0.717) is 29.3 Å². The van der Waals surface area contributed by atoms with Crippen molar-refractivity contribution in [2.45, 2.75) is 43.6 Å². The normalized spacial score (nSPS) is 19.4. The van der Waals surface area contributed by atoms with Crippen molar-refractivity contribution in [1.82, 2.24) is 9.97 Å². The number of nitrogens with zero attached hydrogens (tertiary/aromatic N) is 1. The molecule has 1 aliphatic rings. The average molecular weight is 309 g/mol. The smallest absolute Gasteiger partial charge is 0.128 e. The van der Waals surface area contributed by atoms with Gasteiger partial charge in [-0.15, -0.1) is 0 Å². The number of aliphatic hydroxyl groups is 1. The molecular weight excluding hydrogens is 291 g/mol. The lowest BCUT2D eigenvalue weighted by atomic mass is 9.72. The Labute approximate surface area is 128 Å². The van der Waals surface area contributed by atoms with Gasteiger partial charge in [0.05, 0.1) is 11.5 Å². The number of nitrogens with one attached hydrogen (secondary N) is 1. The van der Waals surface area contributed by atoms with E-state index in [0.717, 1.165) is 19.3 Å². The van der Waals surface area contributed by atoms with Crippen LogP contribution >= 0.6 is 11.6 Å². The summed E-state index contributed by atoms with van der Waals surface area (Å²) in [4.78, 5) is 7.27. The van der Waals surface area contributed by atoms with Gasteiger partial charge >= 0.3 is 0 Å². The summed E-state index contributed by atoms with van der Waals surface area (Å²) >= 11 is 6.23. The van der Waals surface area contributed by atoms with Crippen LogP contribution in [0.4, 0.5) is 4.39 Å². The highest BCUT2D eigenvalue weighted by molar-refractivity contribution is 6.31. The molecule has 3 rings (SSSR count). The van der Waals surface area contributed by atoms with Crippen molar-refractivity contribution in [3.05, 3.63) is 52.8 Å². The highest BCUT2D eigenvalue weighted by Gasteiger charge is 2.43. The van der Waals surface area contributed by atoms with Crippen LogP contribution in [0.15, 0.2) is 30.6 Å². The van der Waals surface area contributed by atoms with Crippen LogP contribution < -0.4 is 0 Å². The molecule has 1 heterocycles. The summed E-state index contributed by atoms with van der Waals surface area (Å²) in [7, 11) is 0. The molecule has 1 aromatic heterocycles. The first-order valence-electron chi connectivity index (χ1n) is 7.27. The Hall–Kier alpha value is -1.39. The van der Waals surface area contributed by atoms with Crippen molar-refractivity contribution in [3.63, 3.8) is 0 Å². The second kappa shape index (κ2) is 5.78. The van der Waals surface area contributed by atoms with E-state index < -0.39 is 17.3 Å². The van der Waals surface area contributed by atoms with Gasteiger partial charge in [0.1, 0.15) is 11.6 Å². The molecule has 1 fully saturated rings. The maximum absolute atomic E-state index is 14.4. The molecule has 21 heavy (non-hydrogen) atoms. The van der Waals surface area contributed by atoms with Crippen LogP contribution in [0.1, 0.15) is 49.4 Å². The van der Waals surface area contributed by atoms with Crippen molar-refractivity contribution >= 4 is 11.6 Å². The maximum Gasteiger partial charge on any atom is 0.128 e. The second-order valence-electron chi connectivity index (χ2n) is 5.71. The quantitative estimate of drug-likeness (QED) is 0.899. The van der Waals surface area contributed by atoms with E-state index in [2.05, 4.69) is 9.97 Å². The van der Waals surface area contributed by atoms with E-state index in [1.165, 1.54) is 6.07 Å². The van der Waals surface area contributed by atoms with Crippen LogP contribution in [-0.4, -0.2) is 20.7 Å². The number of H-pyrrole nitrogens is 1. The molecule has 112 valence electrons. The van der Waals surface area contributed by atoms with E-state index in [4.69, 9.17) is 11.6 Å². The van der Waals surface area contributed by atoms with Gasteiger partial charge in [-0.1, -0.05) is 36.9 Å². The van der Waals surface area contributed by atoms with E-state index in [1.807, 2.05) is 0 Å². The molecule has 1 aliphatic carbocycles. The van der Waals surface area contributed by atoms with Gasteiger partial charge in [-0.25, -0.2) is 9.37 Å². The number of rotatable bonds is 3. The summed E-state index contributed by atoms with van der Waals surface area (Å²) in [5.41, 5.74) is -0.680. The van der Waals surface area contributed by atoms with Gasteiger partial charge in [0.15, 0.2) is 0 Å². The Morgan fingerprint density at radius 1 is 1.29 bits per heavy atom. The molecule has 1 aromatic carbocycles. The summed E-state index contributed by atoms with van der Waals surface area (Å²) in [5, 5.41) is 11.4. The molecule has 0 saturated heterocycles. The number of hydrogen-bond acceptors (Lipinski definition) is 2. The fraction of sp³-hybridized carbons (Fsp3) is 0.438. The number of benzene rings is 1. The number of aromatic nitrogens is 2. The largest absolute Gasteiger partial charge is 0.389 e. The molecule has 1 unspecified atom stereocenters. The van der Waals surface area contributed by atoms with Crippen LogP contribution in [0.5, 0.6) is 0 Å². The molecule has 5 heteroatoms. The molecule has 1 atom stereocenters. The predicted octanol–water partition coefficient (Wildman–Crippen LogP) is 4.03. The van der Waals surface area contributed by atoms with Crippen molar-refractivity contribution in [1.29, 1.82) is 0 Å². The first-order chi connectivity index (χ1) is 10.1. The molecule has 2 N–H and O–H groups in total. The van der Waals surface area contributed by atoms with Crippen molar-refractivity contribution in [3.8, 4) is 0 Å². The van der Waals surface area contributed by atoms with E-state index >= 15 is 0 Å². The molecular formula is C16H18ClFN2O. The third-order valence-corrected chi connectivity index (χ3v) is 4.67. The fourth-order valence-corrected chi connectivity index (χ4v) is 3.61. The molecule has 0 radical (unpaired) electrons. The Kier molecular flexibility index (Phi) is 4.00. The minimum Gasteiger partial charge on any atom is -0.389 e. The third-order valence-electron chi connectivity index (χ3n) is 4.34. The van der Waals surface area contributed by atoms with E-state index in [1.54, 1.807) is 24.5 Å². The molecule has 0 aliphatic heterocycles. The summed E-state index contributed by atoms with van der Waals surface area (Å²) in [6.07, 6.45) is 7.51. The summed E-state index contributed by atoms with van der Waals surface area (Å²) in [6, 6.07) is 4.61. The standard InChI is InChI=1S/C16H18ClFN2O/c17-11-5-4-6-12(18)13(11)14(15-19-9-10-20-15)16(21)7-2-1-3-8-16/h4-6,9-10,14,21H,1-3,7-8H2,(H,19,20). The van der Waals surface area contributed by atoms with Crippen LogP contribution in [0.3, 0.4) is 0 Å². The van der Waals surface area contributed by atoms with Gasteiger partial charge in [0.2, 0.25) is 0 Å². The molecule has 0 spiro atoms. The molecule has 0 bridgehead atoms. The lowest BCUT2D eigenvalue weighted by Crippen LogP contribution is -2.40. The van der Waals surface area contributed by atoms with Gasteiger partial charge in [0, 0.05) is 23.0 Å². The number of imidazole rings is 1. The number of aromatic amines is 1. The highest BCUT2D eigenvalue weighted by atomic mass is 35.5. The number of hydrogen-bond donors (Lipinski definition) is 2. The topological polar surface area (TPSA) is 48.9 Å². The molecule has 1 saturated carbocycles. The SMILES string of the molecule is OC1(C(c2ncc[nH]2)c2c(F)cccc2Cl)CCCCC1. The minimum absolute atomic E-state index is 0.329. The Balaban J connectivity index is 2.13. The predicted molar refractivity (Wildman–Crippen MR) is 79.9 cm³/mol. The summed E-state index contributed by atoms with van der Waals surface area (Å²) < 4.78 is 14.4. The lowest BCUT2D eigenvalue weighted by molar-refractivity contribution is -0.0137. The van der Waals surface area contributed by atoms with Crippen LogP contribution in [-0.2, 0) is 0 Å². The van der Waals surface area contributed by atoms with E-state index in [9.17, 15) is 9.50 Å². The zero-order valence-electron chi connectivity index (χ0n) is 11.6. The average Bonchev–Trinajstić information content (AvgIpc) is 2.97. The second-order valence-corrected chi connectivity index (χ2v) is 6.11. The summed E-state index contributed by atoms with van der Waals surface area (Å²) in [6.45, 7) is 0. The lowest BCUT2D eigenvalue weighted by Gasteiger charge is -2.39. The Bertz CT molecular complexity index is 588. The van der Waals surface area contributed by atoms with Crippen molar-refractivity contribution < 1.29 is 9.50 Å². The maximum atomic E-state index is 14.4. The highest BCUT2D eigenvalue weighted by Crippen LogP contribution is 2.45. The Morgan fingerprint density at radius 3 is 2.67 bits per heavy atom. The van der Waals surface area contributed by atoms with Gasteiger partial charge in [-0.2, -0.15) is 0 Å². The Morgan fingerprint density at radius 2 is 2.05 bits per heavy atom. The number of halogens is 2.